The lowest BCUT2D eigenvalue weighted by molar-refractivity contribution is -0.127. The molecule has 0 bridgehead atoms. The highest BCUT2D eigenvalue weighted by Gasteiger charge is 2.34. The third-order valence-electron chi connectivity index (χ3n) is 3.82. The zero-order chi connectivity index (χ0) is 14.3. The smallest absolute Gasteiger partial charge is 0.240 e. The average molecular weight is 276 g/mol. The van der Waals surface area contributed by atoms with E-state index in [1.54, 1.807) is 0 Å². The van der Waals surface area contributed by atoms with Gasteiger partial charge in [0.05, 0.1) is 12.1 Å². The van der Waals surface area contributed by atoms with Crippen molar-refractivity contribution in [1.82, 2.24) is 5.32 Å². The molecule has 4 nitrogen and oxygen atoms in total. The van der Waals surface area contributed by atoms with Crippen molar-refractivity contribution in [3.63, 3.8) is 0 Å². The summed E-state index contributed by atoms with van der Waals surface area (Å²) in [5, 5.41) is 2.94. The number of benzene rings is 1. The lowest BCUT2D eigenvalue weighted by Gasteiger charge is -2.31. The summed E-state index contributed by atoms with van der Waals surface area (Å²) in [5.41, 5.74) is 5.52. The van der Waals surface area contributed by atoms with Gasteiger partial charge in [-0.05, 0) is 31.4 Å². The number of hydrogen-bond acceptors (Lipinski definition) is 3. The summed E-state index contributed by atoms with van der Waals surface area (Å²) in [5.74, 6) is 0.860. The van der Waals surface area contributed by atoms with Crippen molar-refractivity contribution in [2.45, 2.75) is 44.1 Å². The Morgan fingerprint density at radius 3 is 2.60 bits per heavy atom. The largest absolute Gasteiger partial charge is 0.494 e. The molecule has 1 fully saturated rings. The SMILES string of the molecule is NC1(C(=O)NCCCOc2ccccc2)CCCCC1. The van der Waals surface area contributed by atoms with Gasteiger partial charge < -0.3 is 15.8 Å². The fraction of sp³-hybridized carbons (Fsp3) is 0.562. The quantitative estimate of drug-likeness (QED) is 0.783. The van der Waals surface area contributed by atoms with Gasteiger partial charge in [0.15, 0.2) is 0 Å². The van der Waals surface area contributed by atoms with Crippen molar-refractivity contribution in [3.8, 4) is 5.75 Å². The number of nitrogens with one attached hydrogen (secondary N) is 1. The Balaban J connectivity index is 1.62. The van der Waals surface area contributed by atoms with Crippen molar-refractivity contribution in [2.75, 3.05) is 13.2 Å². The van der Waals surface area contributed by atoms with E-state index in [0.717, 1.165) is 37.9 Å². The van der Waals surface area contributed by atoms with E-state index < -0.39 is 5.54 Å². The molecule has 0 atom stereocenters. The zero-order valence-electron chi connectivity index (χ0n) is 11.9. The molecule has 0 saturated heterocycles. The van der Waals surface area contributed by atoms with Crippen LogP contribution in [0.15, 0.2) is 30.3 Å². The standard InChI is InChI=1S/C16H24N2O2/c17-16(10-5-2-6-11-16)15(19)18-12-7-13-20-14-8-3-1-4-9-14/h1,3-4,8-9H,2,5-7,10-13,17H2,(H,18,19). The van der Waals surface area contributed by atoms with Crippen LogP contribution in [0.25, 0.3) is 0 Å². The lowest BCUT2D eigenvalue weighted by atomic mass is 9.82. The Bertz CT molecular complexity index is 414. The second-order valence-electron chi connectivity index (χ2n) is 5.49. The van der Waals surface area contributed by atoms with Crippen LogP contribution in [0.1, 0.15) is 38.5 Å². The van der Waals surface area contributed by atoms with Crippen LogP contribution < -0.4 is 15.8 Å². The molecule has 1 amide bonds. The van der Waals surface area contributed by atoms with Crippen LogP contribution in [-0.2, 0) is 4.79 Å². The molecule has 110 valence electrons. The molecule has 1 aliphatic rings. The van der Waals surface area contributed by atoms with Gasteiger partial charge in [-0.25, -0.2) is 0 Å². The van der Waals surface area contributed by atoms with Crippen LogP contribution in [0.3, 0.4) is 0 Å². The summed E-state index contributed by atoms with van der Waals surface area (Å²) in [6.45, 7) is 1.21. The van der Waals surface area contributed by atoms with E-state index in [-0.39, 0.29) is 5.91 Å². The summed E-state index contributed by atoms with van der Waals surface area (Å²) in [6, 6.07) is 9.69. The van der Waals surface area contributed by atoms with Crippen LogP contribution in [0.5, 0.6) is 5.75 Å². The zero-order valence-corrected chi connectivity index (χ0v) is 11.9. The summed E-state index contributed by atoms with van der Waals surface area (Å²) in [7, 11) is 0. The Labute approximate surface area is 120 Å². The molecule has 2 rings (SSSR count). The minimum absolute atomic E-state index is 0.00286. The Morgan fingerprint density at radius 2 is 1.90 bits per heavy atom. The van der Waals surface area contributed by atoms with E-state index in [2.05, 4.69) is 5.32 Å². The van der Waals surface area contributed by atoms with Crippen molar-refractivity contribution in [2.24, 2.45) is 5.73 Å². The number of carbonyl (C=O) groups excluding carboxylic acids is 1. The van der Waals surface area contributed by atoms with Crippen LogP contribution in [0.2, 0.25) is 0 Å². The molecule has 0 spiro atoms. The molecule has 0 aliphatic heterocycles. The van der Waals surface area contributed by atoms with Crippen LogP contribution in [-0.4, -0.2) is 24.6 Å². The summed E-state index contributed by atoms with van der Waals surface area (Å²) in [6.07, 6.45) is 5.70. The van der Waals surface area contributed by atoms with Crippen LogP contribution >= 0.6 is 0 Å². The summed E-state index contributed by atoms with van der Waals surface area (Å²) in [4.78, 5) is 12.1. The molecule has 20 heavy (non-hydrogen) atoms. The maximum absolute atomic E-state index is 12.1. The van der Waals surface area contributed by atoms with E-state index in [1.807, 2.05) is 30.3 Å². The van der Waals surface area contributed by atoms with Crippen molar-refractivity contribution < 1.29 is 9.53 Å². The lowest BCUT2D eigenvalue weighted by Crippen LogP contribution is -2.55. The first-order valence-electron chi connectivity index (χ1n) is 7.46. The van der Waals surface area contributed by atoms with E-state index in [9.17, 15) is 4.79 Å². The van der Waals surface area contributed by atoms with Gasteiger partial charge in [0, 0.05) is 6.54 Å². The summed E-state index contributed by atoms with van der Waals surface area (Å²) < 4.78 is 5.58. The molecule has 0 unspecified atom stereocenters. The Morgan fingerprint density at radius 1 is 1.20 bits per heavy atom. The highest BCUT2D eigenvalue weighted by Crippen LogP contribution is 2.25. The van der Waals surface area contributed by atoms with E-state index in [0.29, 0.717) is 13.2 Å². The minimum atomic E-state index is -0.640. The molecular weight excluding hydrogens is 252 g/mol. The maximum atomic E-state index is 12.1. The second kappa shape index (κ2) is 7.29. The fourth-order valence-corrected chi connectivity index (χ4v) is 2.57. The monoisotopic (exact) mass is 276 g/mol. The summed E-state index contributed by atoms with van der Waals surface area (Å²) >= 11 is 0. The highest BCUT2D eigenvalue weighted by atomic mass is 16.5. The average Bonchev–Trinajstić information content (AvgIpc) is 2.48. The van der Waals surface area contributed by atoms with Crippen LogP contribution in [0.4, 0.5) is 0 Å². The van der Waals surface area contributed by atoms with Crippen molar-refractivity contribution in [1.29, 1.82) is 0 Å². The van der Waals surface area contributed by atoms with Gasteiger partial charge in [-0.3, -0.25) is 4.79 Å². The van der Waals surface area contributed by atoms with Gasteiger partial charge in [-0.15, -0.1) is 0 Å². The molecule has 0 aromatic heterocycles. The van der Waals surface area contributed by atoms with Gasteiger partial charge in [-0.2, -0.15) is 0 Å². The van der Waals surface area contributed by atoms with Crippen molar-refractivity contribution in [3.05, 3.63) is 30.3 Å². The number of amides is 1. The van der Waals surface area contributed by atoms with Gasteiger partial charge in [0.1, 0.15) is 5.75 Å². The minimum Gasteiger partial charge on any atom is -0.494 e. The molecule has 1 saturated carbocycles. The van der Waals surface area contributed by atoms with Gasteiger partial charge in [0.25, 0.3) is 0 Å². The molecule has 1 aromatic carbocycles. The van der Waals surface area contributed by atoms with Gasteiger partial charge in [0.2, 0.25) is 5.91 Å². The predicted octanol–water partition coefficient (Wildman–Crippen LogP) is 2.23. The molecule has 0 heterocycles. The van der Waals surface area contributed by atoms with E-state index in [1.165, 1.54) is 6.42 Å². The first-order valence-corrected chi connectivity index (χ1v) is 7.46. The fourth-order valence-electron chi connectivity index (χ4n) is 2.57. The normalized spacial score (nSPS) is 17.4. The van der Waals surface area contributed by atoms with E-state index >= 15 is 0 Å². The Hall–Kier alpha value is -1.55. The topological polar surface area (TPSA) is 64.4 Å². The Kier molecular flexibility index (Phi) is 5.41. The number of rotatable bonds is 6. The molecular formula is C16H24N2O2. The second-order valence-corrected chi connectivity index (χ2v) is 5.49. The third-order valence-corrected chi connectivity index (χ3v) is 3.82. The number of carbonyl (C=O) groups is 1. The van der Waals surface area contributed by atoms with Crippen LogP contribution in [0, 0.1) is 0 Å². The first-order chi connectivity index (χ1) is 9.71. The predicted molar refractivity (Wildman–Crippen MR) is 79.6 cm³/mol. The molecule has 4 heteroatoms. The number of hydrogen-bond donors (Lipinski definition) is 2. The molecule has 3 N–H and O–H groups in total. The van der Waals surface area contributed by atoms with Gasteiger partial charge in [-0.1, -0.05) is 37.5 Å². The third kappa shape index (κ3) is 4.23. The molecule has 1 aliphatic carbocycles. The van der Waals surface area contributed by atoms with Crippen molar-refractivity contribution >= 4 is 5.91 Å². The number of nitrogens with two attached hydrogens (primary N) is 1. The first kappa shape index (κ1) is 14.9. The molecule has 1 aromatic rings. The van der Waals surface area contributed by atoms with E-state index in [4.69, 9.17) is 10.5 Å². The van der Waals surface area contributed by atoms with Gasteiger partial charge >= 0.3 is 0 Å². The maximum Gasteiger partial charge on any atom is 0.240 e. The number of para-hydroxylation sites is 1. The highest BCUT2D eigenvalue weighted by molar-refractivity contribution is 5.86. The number of ether oxygens (including phenoxy) is 1. The molecule has 0 radical (unpaired) electrons.